The Bertz CT molecular complexity index is 684. The number of amides is 1. The van der Waals surface area contributed by atoms with Crippen molar-refractivity contribution in [1.29, 1.82) is 0 Å². The van der Waals surface area contributed by atoms with Gasteiger partial charge in [0.1, 0.15) is 0 Å². The van der Waals surface area contributed by atoms with Gasteiger partial charge in [-0.3, -0.25) is 4.79 Å². The molecule has 0 bridgehead atoms. The molecular weight excluding hydrogens is 369 g/mol. The molecule has 1 saturated heterocycles. The summed E-state index contributed by atoms with van der Waals surface area (Å²) in [6.45, 7) is 2.12. The van der Waals surface area contributed by atoms with Gasteiger partial charge in [-0.25, -0.2) is 0 Å². The number of nitrogen functional groups attached to an aromatic ring is 1. The second-order valence-electron chi connectivity index (χ2n) is 6.38. The van der Waals surface area contributed by atoms with Gasteiger partial charge in [0, 0.05) is 18.8 Å². The number of para-hydroxylation sites is 2. The quantitative estimate of drug-likeness (QED) is 0.739. The van der Waals surface area contributed by atoms with E-state index in [9.17, 15) is 4.79 Å². The number of halogens is 2. The minimum absolute atomic E-state index is 0. The standard InChI is InChI=1S/C20H25N3O.2ClH/c21-17-11-9-16(10-12-17)15-20(24)22-18-7-3-4-8-19(18)23-13-5-1-2-6-14-23;;/h3-4,7-12H,1-2,5-6,13-15,21H2,(H,22,24);2*1H. The Morgan fingerprint density at radius 3 is 2.19 bits per heavy atom. The summed E-state index contributed by atoms with van der Waals surface area (Å²) in [5.41, 5.74) is 9.40. The van der Waals surface area contributed by atoms with E-state index >= 15 is 0 Å². The lowest BCUT2D eigenvalue weighted by Gasteiger charge is -2.25. The normalized spacial score (nSPS) is 13.8. The number of hydrogen-bond acceptors (Lipinski definition) is 3. The Kier molecular flexibility index (Phi) is 9.31. The van der Waals surface area contributed by atoms with Crippen molar-refractivity contribution in [3.05, 3.63) is 54.1 Å². The fourth-order valence-corrected chi connectivity index (χ4v) is 3.18. The van der Waals surface area contributed by atoms with Gasteiger partial charge in [-0.1, -0.05) is 37.1 Å². The minimum Gasteiger partial charge on any atom is -0.399 e. The Morgan fingerprint density at radius 1 is 0.923 bits per heavy atom. The van der Waals surface area contributed by atoms with Gasteiger partial charge in [0.15, 0.2) is 0 Å². The lowest BCUT2D eigenvalue weighted by Crippen LogP contribution is -2.26. The van der Waals surface area contributed by atoms with Crippen molar-refractivity contribution in [1.82, 2.24) is 0 Å². The first-order valence-electron chi connectivity index (χ1n) is 8.70. The van der Waals surface area contributed by atoms with Crippen molar-refractivity contribution in [2.75, 3.05) is 29.0 Å². The molecule has 1 fully saturated rings. The molecule has 4 nitrogen and oxygen atoms in total. The molecule has 26 heavy (non-hydrogen) atoms. The zero-order chi connectivity index (χ0) is 16.8. The first kappa shape index (κ1) is 22.1. The van der Waals surface area contributed by atoms with Crippen molar-refractivity contribution in [2.45, 2.75) is 32.1 Å². The van der Waals surface area contributed by atoms with Crippen LogP contribution in [0.4, 0.5) is 17.1 Å². The summed E-state index contributed by atoms with van der Waals surface area (Å²) in [5.74, 6) is 0.00189. The van der Waals surface area contributed by atoms with Gasteiger partial charge in [-0.15, -0.1) is 24.8 Å². The smallest absolute Gasteiger partial charge is 0.228 e. The average molecular weight is 396 g/mol. The first-order chi connectivity index (χ1) is 11.7. The molecule has 3 rings (SSSR count). The topological polar surface area (TPSA) is 58.4 Å². The summed E-state index contributed by atoms with van der Waals surface area (Å²) in [5, 5.41) is 3.08. The van der Waals surface area contributed by atoms with Gasteiger partial charge in [-0.2, -0.15) is 0 Å². The van der Waals surface area contributed by atoms with Crippen molar-refractivity contribution in [3.8, 4) is 0 Å². The van der Waals surface area contributed by atoms with Crippen LogP contribution in [0.2, 0.25) is 0 Å². The lowest BCUT2D eigenvalue weighted by atomic mass is 10.1. The molecule has 3 N–H and O–H groups in total. The summed E-state index contributed by atoms with van der Waals surface area (Å²) < 4.78 is 0. The molecule has 0 radical (unpaired) electrons. The van der Waals surface area contributed by atoms with E-state index in [4.69, 9.17) is 5.73 Å². The maximum absolute atomic E-state index is 12.4. The van der Waals surface area contributed by atoms with E-state index in [0.29, 0.717) is 12.1 Å². The lowest BCUT2D eigenvalue weighted by molar-refractivity contribution is -0.115. The van der Waals surface area contributed by atoms with E-state index in [2.05, 4.69) is 16.3 Å². The molecule has 0 unspecified atom stereocenters. The molecular formula is C20H27Cl2N3O. The summed E-state index contributed by atoms with van der Waals surface area (Å²) in [6.07, 6.45) is 5.38. The number of carbonyl (C=O) groups excluding carboxylic acids is 1. The van der Waals surface area contributed by atoms with E-state index in [0.717, 1.165) is 30.0 Å². The summed E-state index contributed by atoms with van der Waals surface area (Å²) in [4.78, 5) is 14.8. The van der Waals surface area contributed by atoms with E-state index in [-0.39, 0.29) is 30.7 Å². The molecule has 0 saturated carbocycles. The number of nitrogens with two attached hydrogens (primary N) is 1. The Balaban J connectivity index is 0.00000169. The second-order valence-corrected chi connectivity index (χ2v) is 6.38. The molecule has 6 heteroatoms. The van der Waals surface area contributed by atoms with E-state index in [1.54, 1.807) is 0 Å². The van der Waals surface area contributed by atoms with Crippen LogP contribution in [0.25, 0.3) is 0 Å². The number of benzene rings is 2. The van der Waals surface area contributed by atoms with Crippen LogP contribution < -0.4 is 16.0 Å². The van der Waals surface area contributed by atoms with Crippen LogP contribution in [0.15, 0.2) is 48.5 Å². The SMILES string of the molecule is Cl.Cl.Nc1ccc(CC(=O)Nc2ccccc2N2CCCCCC2)cc1. The molecule has 142 valence electrons. The number of nitrogens with one attached hydrogen (secondary N) is 1. The largest absolute Gasteiger partial charge is 0.399 e. The van der Waals surface area contributed by atoms with Gasteiger partial charge >= 0.3 is 0 Å². The molecule has 1 aliphatic rings. The number of hydrogen-bond donors (Lipinski definition) is 2. The van der Waals surface area contributed by atoms with Crippen LogP contribution >= 0.6 is 24.8 Å². The van der Waals surface area contributed by atoms with Gasteiger partial charge in [0.2, 0.25) is 5.91 Å². The van der Waals surface area contributed by atoms with Crippen LogP contribution in [0, 0.1) is 0 Å². The van der Waals surface area contributed by atoms with Crippen molar-refractivity contribution >= 4 is 47.8 Å². The third-order valence-electron chi connectivity index (χ3n) is 4.47. The third-order valence-corrected chi connectivity index (χ3v) is 4.47. The Hall–Kier alpha value is -1.91. The van der Waals surface area contributed by atoms with Crippen molar-refractivity contribution in [3.63, 3.8) is 0 Å². The number of nitrogens with zero attached hydrogens (tertiary/aromatic N) is 1. The molecule has 0 spiro atoms. The highest BCUT2D eigenvalue weighted by atomic mass is 35.5. The Labute approximate surface area is 168 Å². The van der Waals surface area contributed by atoms with E-state index in [1.807, 2.05) is 42.5 Å². The maximum Gasteiger partial charge on any atom is 0.228 e. The molecule has 1 amide bonds. The van der Waals surface area contributed by atoms with Gasteiger partial charge in [0.05, 0.1) is 17.8 Å². The molecule has 1 aliphatic heterocycles. The first-order valence-corrected chi connectivity index (χ1v) is 8.70. The van der Waals surface area contributed by atoms with E-state index < -0.39 is 0 Å². The van der Waals surface area contributed by atoms with Gasteiger partial charge in [0.25, 0.3) is 0 Å². The van der Waals surface area contributed by atoms with Crippen LogP contribution in [0.1, 0.15) is 31.2 Å². The highest BCUT2D eigenvalue weighted by Crippen LogP contribution is 2.28. The van der Waals surface area contributed by atoms with Crippen molar-refractivity contribution < 1.29 is 4.79 Å². The number of carbonyl (C=O) groups is 1. The predicted molar refractivity (Wildman–Crippen MR) is 115 cm³/mol. The average Bonchev–Trinajstić information content (AvgIpc) is 2.87. The highest BCUT2D eigenvalue weighted by molar-refractivity contribution is 5.95. The molecule has 0 aromatic heterocycles. The van der Waals surface area contributed by atoms with Gasteiger partial charge in [-0.05, 0) is 42.7 Å². The molecule has 0 atom stereocenters. The third kappa shape index (κ3) is 6.11. The second kappa shape index (κ2) is 10.9. The van der Waals surface area contributed by atoms with Crippen LogP contribution in [0.3, 0.4) is 0 Å². The Morgan fingerprint density at radius 2 is 1.54 bits per heavy atom. The zero-order valence-corrected chi connectivity index (χ0v) is 16.5. The number of anilines is 3. The van der Waals surface area contributed by atoms with Crippen LogP contribution in [-0.4, -0.2) is 19.0 Å². The molecule has 2 aromatic rings. The van der Waals surface area contributed by atoms with Crippen LogP contribution in [0.5, 0.6) is 0 Å². The highest BCUT2D eigenvalue weighted by Gasteiger charge is 2.14. The zero-order valence-electron chi connectivity index (χ0n) is 14.8. The van der Waals surface area contributed by atoms with Gasteiger partial charge < -0.3 is 16.0 Å². The van der Waals surface area contributed by atoms with Crippen molar-refractivity contribution in [2.24, 2.45) is 0 Å². The molecule has 2 aromatic carbocycles. The maximum atomic E-state index is 12.4. The summed E-state index contributed by atoms with van der Waals surface area (Å²) in [7, 11) is 0. The van der Waals surface area contributed by atoms with E-state index in [1.165, 1.54) is 25.7 Å². The van der Waals surface area contributed by atoms with Crippen LogP contribution in [-0.2, 0) is 11.2 Å². The molecule has 1 heterocycles. The predicted octanol–water partition coefficient (Wildman–Crippen LogP) is 4.67. The monoisotopic (exact) mass is 395 g/mol. The fraction of sp³-hybridized carbons (Fsp3) is 0.350. The minimum atomic E-state index is 0. The summed E-state index contributed by atoms with van der Waals surface area (Å²) in [6, 6.07) is 15.5. The fourth-order valence-electron chi connectivity index (χ4n) is 3.18. The molecule has 0 aliphatic carbocycles. The summed E-state index contributed by atoms with van der Waals surface area (Å²) >= 11 is 0. The number of rotatable bonds is 4.